The topological polar surface area (TPSA) is 53.2 Å². The van der Waals surface area contributed by atoms with Crippen LogP contribution in [0.25, 0.3) is 6.08 Å². The minimum absolute atomic E-state index is 0.261. The van der Waals surface area contributed by atoms with E-state index < -0.39 is 0 Å². The van der Waals surface area contributed by atoms with Crippen molar-refractivity contribution in [3.63, 3.8) is 0 Å². The predicted molar refractivity (Wildman–Crippen MR) is 101 cm³/mol. The fraction of sp³-hybridized carbons (Fsp3) is 0.176. The quantitative estimate of drug-likeness (QED) is 0.450. The molecule has 1 amide bonds. The fourth-order valence-electron chi connectivity index (χ4n) is 2.05. The summed E-state index contributed by atoms with van der Waals surface area (Å²) in [5, 5.41) is 5.45. The maximum Gasteiger partial charge on any atom is 0.262 e. The summed E-state index contributed by atoms with van der Waals surface area (Å²) < 4.78 is 0. The van der Waals surface area contributed by atoms with Crippen LogP contribution in [0.2, 0.25) is 0 Å². The summed E-state index contributed by atoms with van der Waals surface area (Å²) in [6.45, 7) is 4.11. The highest BCUT2D eigenvalue weighted by Gasteiger charge is 2.06. The first-order chi connectivity index (χ1) is 11.1. The first-order valence-electron chi connectivity index (χ1n) is 7.27. The zero-order valence-corrected chi connectivity index (χ0v) is 14.7. The summed E-state index contributed by atoms with van der Waals surface area (Å²) in [6.07, 6.45) is 4.13. The molecule has 0 bridgehead atoms. The van der Waals surface area contributed by atoms with Crippen molar-refractivity contribution in [1.82, 2.24) is 10.9 Å². The molecule has 0 saturated heterocycles. The smallest absolute Gasteiger partial charge is 0.262 e. The van der Waals surface area contributed by atoms with Crippen molar-refractivity contribution in [2.75, 3.05) is 5.32 Å². The van der Waals surface area contributed by atoms with Crippen molar-refractivity contribution < 1.29 is 4.79 Å². The van der Waals surface area contributed by atoms with Gasteiger partial charge in [0.1, 0.15) is 0 Å². The van der Waals surface area contributed by atoms with E-state index in [0.29, 0.717) is 5.11 Å². The summed E-state index contributed by atoms with van der Waals surface area (Å²) in [7, 11) is 0. The first-order valence-corrected chi connectivity index (χ1v) is 8.56. The number of para-hydroxylation sites is 1. The van der Waals surface area contributed by atoms with E-state index in [9.17, 15) is 4.79 Å². The molecule has 23 heavy (non-hydrogen) atoms. The van der Waals surface area contributed by atoms with Crippen LogP contribution in [0.15, 0.2) is 41.8 Å². The molecule has 4 nitrogen and oxygen atoms in total. The molecule has 0 radical (unpaired) electrons. The molecule has 0 saturated carbocycles. The van der Waals surface area contributed by atoms with Gasteiger partial charge in [0.2, 0.25) is 0 Å². The number of amides is 1. The van der Waals surface area contributed by atoms with Gasteiger partial charge in [0.15, 0.2) is 5.11 Å². The summed E-state index contributed by atoms with van der Waals surface area (Å²) in [6, 6.07) is 9.98. The van der Waals surface area contributed by atoms with Crippen molar-refractivity contribution >= 4 is 46.3 Å². The Kier molecular flexibility index (Phi) is 6.31. The van der Waals surface area contributed by atoms with Gasteiger partial charge in [-0.1, -0.05) is 31.2 Å². The average molecular weight is 345 g/mol. The molecule has 2 rings (SSSR count). The van der Waals surface area contributed by atoms with E-state index >= 15 is 0 Å². The molecule has 1 heterocycles. The maximum atomic E-state index is 11.7. The Hall–Kier alpha value is -2.18. The summed E-state index contributed by atoms with van der Waals surface area (Å²) in [4.78, 5) is 12.8. The lowest BCUT2D eigenvalue weighted by Crippen LogP contribution is -2.43. The number of carbonyl (C=O) groups excluding carboxylic acids is 1. The number of hydrazine groups is 1. The SMILES string of the molecule is CCc1cccc(C)c1NC(=S)NNC(=O)/C=C/c1cccs1. The highest BCUT2D eigenvalue weighted by atomic mass is 32.1. The third kappa shape index (κ3) is 5.19. The van der Waals surface area contributed by atoms with Gasteiger partial charge in [-0.15, -0.1) is 11.3 Å². The third-order valence-corrected chi connectivity index (χ3v) is 4.26. The van der Waals surface area contributed by atoms with E-state index in [4.69, 9.17) is 12.2 Å². The number of rotatable bonds is 4. The van der Waals surface area contributed by atoms with Crippen LogP contribution in [0.3, 0.4) is 0 Å². The second-order valence-corrected chi connectivity index (χ2v) is 6.27. The molecular weight excluding hydrogens is 326 g/mol. The van der Waals surface area contributed by atoms with Crippen molar-refractivity contribution in [2.45, 2.75) is 20.3 Å². The molecule has 0 aliphatic carbocycles. The molecule has 1 aromatic heterocycles. The van der Waals surface area contributed by atoms with Crippen molar-refractivity contribution in [1.29, 1.82) is 0 Å². The van der Waals surface area contributed by atoms with Crippen LogP contribution in [-0.2, 0) is 11.2 Å². The number of hydrogen-bond donors (Lipinski definition) is 3. The van der Waals surface area contributed by atoms with E-state index in [1.807, 2.05) is 36.6 Å². The van der Waals surface area contributed by atoms with Gasteiger partial charge in [-0.25, -0.2) is 0 Å². The van der Waals surface area contributed by atoms with Crippen molar-refractivity contribution in [2.24, 2.45) is 0 Å². The summed E-state index contributed by atoms with van der Waals surface area (Å²) in [5.41, 5.74) is 8.53. The lowest BCUT2D eigenvalue weighted by atomic mass is 10.1. The summed E-state index contributed by atoms with van der Waals surface area (Å²) in [5.74, 6) is -0.261. The van der Waals surface area contributed by atoms with Gasteiger partial charge in [0.25, 0.3) is 5.91 Å². The number of anilines is 1. The van der Waals surface area contributed by atoms with Crippen LogP contribution in [0.1, 0.15) is 22.9 Å². The molecule has 1 aromatic carbocycles. The van der Waals surface area contributed by atoms with Crippen LogP contribution in [-0.4, -0.2) is 11.0 Å². The molecule has 3 N–H and O–H groups in total. The largest absolute Gasteiger partial charge is 0.331 e. The van der Waals surface area contributed by atoms with E-state index in [2.05, 4.69) is 29.2 Å². The fourth-order valence-corrected chi connectivity index (χ4v) is 2.82. The van der Waals surface area contributed by atoms with Crippen molar-refractivity contribution in [3.8, 4) is 0 Å². The van der Waals surface area contributed by atoms with Gasteiger partial charge in [-0.3, -0.25) is 15.6 Å². The highest BCUT2D eigenvalue weighted by molar-refractivity contribution is 7.80. The number of thiocarbonyl (C=S) groups is 1. The molecule has 0 fully saturated rings. The molecule has 0 spiro atoms. The number of nitrogens with one attached hydrogen (secondary N) is 3. The number of hydrogen-bond acceptors (Lipinski definition) is 3. The van der Waals surface area contributed by atoms with E-state index in [1.54, 1.807) is 17.4 Å². The number of carbonyl (C=O) groups is 1. The third-order valence-electron chi connectivity index (χ3n) is 3.22. The predicted octanol–water partition coefficient (Wildman–Crippen LogP) is 3.65. The van der Waals surface area contributed by atoms with Gasteiger partial charge < -0.3 is 5.32 Å². The summed E-state index contributed by atoms with van der Waals surface area (Å²) >= 11 is 6.80. The Morgan fingerprint density at radius 3 is 2.78 bits per heavy atom. The Labute approximate surface area is 145 Å². The molecule has 120 valence electrons. The Bertz CT molecular complexity index is 709. The van der Waals surface area contributed by atoms with Gasteiger partial charge in [0.05, 0.1) is 0 Å². The minimum Gasteiger partial charge on any atom is -0.331 e. The second kappa shape index (κ2) is 8.45. The number of benzene rings is 1. The van der Waals surface area contributed by atoms with Crippen molar-refractivity contribution in [3.05, 3.63) is 57.8 Å². The second-order valence-electron chi connectivity index (χ2n) is 4.88. The zero-order chi connectivity index (χ0) is 16.7. The average Bonchev–Trinajstić information content (AvgIpc) is 3.06. The van der Waals surface area contributed by atoms with E-state index in [1.165, 1.54) is 11.6 Å². The van der Waals surface area contributed by atoms with Crippen LogP contribution in [0.4, 0.5) is 5.69 Å². The standard InChI is InChI=1S/C17H19N3OS2/c1-3-13-7-4-6-12(2)16(13)18-17(22)20-19-15(21)10-9-14-8-5-11-23-14/h4-11H,3H2,1-2H3,(H,19,21)(H2,18,20,22)/b10-9+. The molecule has 0 unspecified atom stereocenters. The normalized spacial score (nSPS) is 10.5. The lowest BCUT2D eigenvalue weighted by Gasteiger charge is -2.15. The molecular formula is C17H19N3OS2. The zero-order valence-electron chi connectivity index (χ0n) is 13.1. The monoisotopic (exact) mass is 345 g/mol. The van der Waals surface area contributed by atoms with Gasteiger partial charge >= 0.3 is 0 Å². The first kappa shape index (κ1) is 17.2. The van der Waals surface area contributed by atoms with Gasteiger partial charge in [-0.05, 0) is 54.2 Å². The van der Waals surface area contributed by atoms with E-state index in [0.717, 1.165) is 22.5 Å². The van der Waals surface area contributed by atoms with Crippen LogP contribution >= 0.6 is 23.6 Å². The van der Waals surface area contributed by atoms with Gasteiger partial charge in [-0.2, -0.15) is 0 Å². The molecule has 6 heteroatoms. The minimum atomic E-state index is -0.261. The van der Waals surface area contributed by atoms with Crippen LogP contribution in [0.5, 0.6) is 0 Å². The molecule has 0 aliphatic heterocycles. The number of aryl methyl sites for hydroxylation is 2. The Morgan fingerprint density at radius 2 is 2.09 bits per heavy atom. The Balaban J connectivity index is 1.87. The molecule has 0 aliphatic rings. The van der Waals surface area contributed by atoms with Crippen LogP contribution in [0, 0.1) is 6.92 Å². The Morgan fingerprint density at radius 1 is 1.26 bits per heavy atom. The highest BCUT2D eigenvalue weighted by Crippen LogP contribution is 2.20. The lowest BCUT2D eigenvalue weighted by molar-refractivity contribution is -0.116. The van der Waals surface area contributed by atoms with E-state index in [-0.39, 0.29) is 5.91 Å². The van der Waals surface area contributed by atoms with Crippen LogP contribution < -0.4 is 16.2 Å². The maximum absolute atomic E-state index is 11.7. The van der Waals surface area contributed by atoms with Gasteiger partial charge in [0, 0.05) is 16.6 Å². The molecule has 0 atom stereocenters. The molecule has 2 aromatic rings. The number of thiophene rings is 1.